The molecule has 2 N–H and O–H groups in total. The van der Waals surface area contributed by atoms with Crippen LogP contribution in [0.3, 0.4) is 0 Å². The summed E-state index contributed by atoms with van der Waals surface area (Å²) in [6.07, 6.45) is 1.81. The Morgan fingerprint density at radius 3 is 2.70 bits per heavy atom. The molecule has 2 aromatic carbocycles. The molecule has 0 amide bonds. The van der Waals surface area contributed by atoms with Crippen LogP contribution in [0.4, 0.5) is 0 Å². The fourth-order valence-corrected chi connectivity index (χ4v) is 3.90. The lowest BCUT2D eigenvalue weighted by molar-refractivity contribution is -0.144. The maximum absolute atomic E-state index is 12.2. The van der Waals surface area contributed by atoms with Crippen molar-refractivity contribution in [1.82, 2.24) is 4.98 Å². The Kier molecular flexibility index (Phi) is 3.20. The van der Waals surface area contributed by atoms with E-state index in [2.05, 4.69) is 4.98 Å². The largest absolute Gasteiger partial charge is 0.481 e. The highest BCUT2D eigenvalue weighted by atomic mass is 35.5. The third-order valence-corrected chi connectivity index (χ3v) is 5.21. The number of hydrogen-bond donors (Lipinski definition) is 2. The molecular weight excluding hydrogens is 310 g/mol. The molecule has 0 aliphatic heterocycles. The van der Waals surface area contributed by atoms with Crippen molar-refractivity contribution in [2.75, 3.05) is 0 Å². The second-order valence-corrected chi connectivity index (χ2v) is 6.64. The van der Waals surface area contributed by atoms with Crippen LogP contribution < -0.4 is 0 Å². The van der Waals surface area contributed by atoms with Gasteiger partial charge < -0.3 is 10.1 Å². The predicted octanol–water partition coefficient (Wildman–Crippen LogP) is 4.33. The van der Waals surface area contributed by atoms with E-state index in [-0.39, 0.29) is 0 Å². The summed E-state index contributed by atoms with van der Waals surface area (Å²) in [5, 5.41) is 11.7. The Labute approximate surface area is 138 Å². The number of carboxylic acid groups (broad SMARTS) is 1. The van der Waals surface area contributed by atoms with Gasteiger partial charge in [0.1, 0.15) is 0 Å². The highest BCUT2D eigenvalue weighted by Crippen LogP contribution is 2.41. The highest BCUT2D eigenvalue weighted by Gasteiger charge is 2.44. The van der Waals surface area contributed by atoms with Crippen LogP contribution >= 0.6 is 11.6 Å². The second-order valence-electron chi connectivity index (χ2n) is 6.20. The molecular formula is C19H16ClNO2. The van der Waals surface area contributed by atoms with E-state index in [1.807, 2.05) is 48.5 Å². The number of aliphatic carboxylic acids is 1. The number of aromatic nitrogens is 1. The van der Waals surface area contributed by atoms with Gasteiger partial charge >= 0.3 is 5.97 Å². The highest BCUT2D eigenvalue weighted by molar-refractivity contribution is 6.31. The molecule has 0 fully saturated rings. The molecule has 1 aliphatic rings. The van der Waals surface area contributed by atoms with Gasteiger partial charge in [-0.1, -0.05) is 41.9 Å². The lowest BCUT2D eigenvalue weighted by Gasteiger charge is -2.34. The minimum atomic E-state index is -0.869. The summed E-state index contributed by atoms with van der Waals surface area (Å²) in [5.74, 6) is -0.759. The molecule has 0 radical (unpaired) electrons. The van der Waals surface area contributed by atoms with E-state index in [1.54, 1.807) is 0 Å². The van der Waals surface area contributed by atoms with Crippen molar-refractivity contribution in [3.63, 3.8) is 0 Å². The summed E-state index contributed by atoms with van der Waals surface area (Å²) in [5.41, 5.74) is 3.24. The molecule has 0 spiro atoms. The number of carbonyl (C=O) groups is 1. The molecule has 3 nitrogen and oxygen atoms in total. The fraction of sp³-hybridized carbons (Fsp3) is 0.211. The first kappa shape index (κ1) is 14.3. The second kappa shape index (κ2) is 5.14. The van der Waals surface area contributed by atoms with E-state index in [4.69, 9.17) is 11.6 Å². The summed E-state index contributed by atoms with van der Waals surface area (Å²) >= 11 is 6.14. The number of aromatic amines is 1. The van der Waals surface area contributed by atoms with Crippen molar-refractivity contribution in [3.05, 3.63) is 70.4 Å². The monoisotopic (exact) mass is 325 g/mol. The summed E-state index contributed by atoms with van der Waals surface area (Å²) in [7, 11) is 0. The first-order valence-electron chi connectivity index (χ1n) is 7.68. The zero-order valence-corrected chi connectivity index (χ0v) is 13.2. The molecule has 1 aliphatic carbocycles. The molecule has 0 saturated carbocycles. The Morgan fingerprint density at radius 2 is 1.96 bits per heavy atom. The maximum atomic E-state index is 12.2. The van der Waals surface area contributed by atoms with E-state index in [0.717, 1.165) is 34.1 Å². The fourth-order valence-electron chi connectivity index (χ4n) is 3.73. The van der Waals surface area contributed by atoms with Crippen molar-refractivity contribution >= 4 is 28.5 Å². The Balaban J connectivity index is 1.90. The van der Waals surface area contributed by atoms with E-state index in [0.29, 0.717) is 17.9 Å². The van der Waals surface area contributed by atoms with Crippen molar-refractivity contribution in [2.45, 2.75) is 24.7 Å². The van der Waals surface area contributed by atoms with E-state index >= 15 is 0 Å². The van der Waals surface area contributed by atoms with Crippen LogP contribution in [0.2, 0.25) is 5.02 Å². The topological polar surface area (TPSA) is 53.1 Å². The van der Waals surface area contributed by atoms with Gasteiger partial charge in [0.25, 0.3) is 0 Å². The van der Waals surface area contributed by atoms with Crippen molar-refractivity contribution in [2.24, 2.45) is 0 Å². The number of rotatable bonds is 2. The van der Waals surface area contributed by atoms with Gasteiger partial charge in [0, 0.05) is 21.6 Å². The van der Waals surface area contributed by atoms with Gasteiger partial charge in [0.05, 0.1) is 5.41 Å². The van der Waals surface area contributed by atoms with Crippen LogP contribution in [0.1, 0.15) is 23.2 Å². The normalized spacial score (nSPS) is 20.4. The third kappa shape index (κ3) is 2.15. The number of aryl methyl sites for hydroxylation is 1. The zero-order chi connectivity index (χ0) is 16.0. The van der Waals surface area contributed by atoms with Gasteiger partial charge in [-0.3, -0.25) is 4.79 Å². The number of carboxylic acids is 1. The summed E-state index contributed by atoms with van der Waals surface area (Å²) < 4.78 is 0. The van der Waals surface area contributed by atoms with E-state index in [1.165, 1.54) is 0 Å². The Hall–Kier alpha value is -2.26. The lowest BCUT2D eigenvalue weighted by atomic mass is 9.68. The van der Waals surface area contributed by atoms with Gasteiger partial charge in [-0.25, -0.2) is 0 Å². The van der Waals surface area contributed by atoms with Crippen LogP contribution in [0.15, 0.2) is 48.5 Å². The van der Waals surface area contributed by atoms with Crippen LogP contribution in [-0.2, 0) is 23.1 Å². The smallest absolute Gasteiger partial charge is 0.314 e. The van der Waals surface area contributed by atoms with Gasteiger partial charge in [-0.15, -0.1) is 0 Å². The summed E-state index contributed by atoms with van der Waals surface area (Å²) in [6, 6.07) is 15.3. The summed E-state index contributed by atoms with van der Waals surface area (Å²) in [6.45, 7) is 0. The zero-order valence-electron chi connectivity index (χ0n) is 12.5. The number of benzene rings is 2. The van der Waals surface area contributed by atoms with Crippen molar-refractivity contribution in [1.29, 1.82) is 0 Å². The van der Waals surface area contributed by atoms with E-state index in [9.17, 15) is 9.90 Å². The molecule has 1 aromatic heterocycles. The number of hydrogen-bond acceptors (Lipinski definition) is 1. The molecule has 1 unspecified atom stereocenters. The van der Waals surface area contributed by atoms with Crippen molar-refractivity contribution < 1.29 is 9.90 Å². The third-order valence-electron chi connectivity index (χ3n) is 4.97. The van der Waals surface area contributed by atoms with Gasteiger partial charge in [0.2, 0.25) is 0 Å². The molecule has 1 atom stereocenters. The number of fused-ring (bicyclic) bond motifs is 3. The number of halogens is 1. The first-order chi connectivity index (χ1) is 11.1. The van der Waals surface area contributed by atoms with Crippen LogP contribution in [0.25, 0.3) is 10.9 Å². The van der Waals surface area contributed by atoms with Gasteiger partial charge in [0.15, 0.2) is 0 Å². The van der Waals surface area contributed by atoms with Gasteiger partial charge in [-0.2, -0.15) is 0 Å². The van der Waals surface area contributed by atoms with Crippen LogP contribution in [-0.4, -0.2) is 16.1 Å². The van der Waals surface area contributed by atoms with Crippen LogP contribution in [0.5, 0.6) is 0 Å². The predicted molar refractivity (Wildman–Crippen MR) is 91.1 cm³/mol. The number of H-pyrrole nitrogens is 1. The van der Waals surface area contributed by atoms with Crippen LogP contribution in [0, 0.1) is 0 Å². The molecule has 3 aromatic rings. The van der Waals surface area contributed by atoms with E-state index < -0.39 is 11.4 Å². The maximum Gasteiger partial charge on any atom is 0.314 e. The molecule has 23 heavy (non-hydrogen) atoms. The van der Waals surface area contributed by atoms with Crippen molar-refractivity contribution in [3.8, 4) is 0 Å². The average Bonchev–Trinajstić information content (AvgIpc) is 2.92. The SMILES string of the molecule is O=C(O)C1(c2ccccc2)CCc2[nH]c3ccc(Cl)cc3c2C1. The molecule has 116 valence electrons. The molecule has 0 saturated heterocycles. The number of nitrogens with one attached hydrogen (secondary N) is 1. The molecule has 4 rings (SSSR count). The lowest BCUT2D eigenvalue weighted by Crippen LogP contribution is -2.41. The average molecular weight is 326 g/mol. The summed E-state index contributed by atoms with van der Waals surface area (Å²) in [4.78, 5) is 15.6. The molecule has 0 bridgehead atoms. The quantitative estimate of drug-likeness (QED) is 0.736. The standard InChI is InChI=1S/C19H16ClNO2/c20-13-6-7-16-14(10-13)15-11-19(18(22)23,9-8-17(15)21-16)12-4-2-1-3-5-12/h1-7,10,21H,8-9,11H2,(H,22,23). The minimum Gasteiger partial charge on any atom is -0.481 e. The van der Waals surface area contributed by atoms with Gasteiger partial charge in [-0.05, 0) is 48.6 Å². The first-order valence-corrected chi connectivity index (χ1v) is 8.06. The molecule has 4 heteroatoms. The minimum absolute atomic E-state index is 0.488. The Morgan fingerprint density at radius 1 is 1.17 bits per heavy atom. The Bertz CT molecular complexity index is 900. The molecule has 1 heterocycles.